The van der Waals surface area contributed by atoms with Gasteiger partial charge >= 0.3 is 10.2 Å². The number of halogens is 2. The second-order valence-corrected chi connectivity index (χ2v) is 7.54. The second kappa shape index (κ2) is 6.30. The lowest BCUT2D eigenvalue weighted by Gasteiger charge is -2.18. The number of phenolic OH excluding ortho intramolecular Hbond substituents is 1. The summed E-state index contributed by atoms with van der Waals surface area (Å²) in [5.41, 5.74) is -0.524. The molecule has 144 valence electrons. The van der Waals surface area contributed by atoms with Gasteiger partial charge < -0.3 is 9.67 Å². The van der Waals surface area contributed by atoms with Crippen molar-refractivity contribution in [2.75, 3.05) is 10.8 Å². The predicted molar refractivity (Wildman–Crippen MR) is 95.0 cm³/mol. The molecular formula is C17H12F2N4O4S. The Labute approximate surface area is 157 Å². The molecule has 0 saturated carbocycles. The highest BCUT2D eigenvalue weighted by Crippen LogP contribution is 2.38. The Morgan fingerprint density at radius 1 is 1.14 bits per heavy atom. The molecule has 1 aliphatic heterocycles. The molecular weight excluding hydrogens is 394 g/mol. The number of amides is 1. The van der Waals surface area contributed by atoms with E-state index in [0.717, 1.165) is 6.07 Å². The maximum absolute atomic E-state index is 15.1. The van der Waals surface area contributed by atoms with E-state index in [4.69, 9.17) is 0 Å². The molecule has 0 atom stereocenters. The second-order valence-electron chi connectivity index (χ2n) is 5.95. The minimum Gasteiger partial charge on any atom is -0.506 e. The normalized spacial score (nSPS) is 15.6. The summed E-state index contributed by atoms with van der Waals surface area (Å²) in [5, 5.41) is 10.0. The SMILES string of the molecule is O=C1CN(c2c(O)ccc(-c3cn(-c4ccccc4F)cn3)c2F)S(=O)(=O)N1. The van der Waals surface area contributed by atoms with Crippen LogP contribution in [0, 0.1) is 11.6 Å². The van der Waals surface area contributed by atoms with E-state index in [1.54, 1.807) is 10.8 Å². The van der Waals surface area contributed by atoms with Crippen molar-refractivity contribution < 1.29 is 27.1 Å². The van der Waals surface area contributed by atoms with Crippen LogP contribution in [0.25, 0.3) is 16.9 Å². The maximum Gasteiger partial charge on any atom is 0.326 e. The molecule has 8 nitrogen and oxygen atoms in total. The average Bonchev–Trinajstić information content (AvgIpc) is 3.20. The third kappa shape index (κ3) is 2.85. The minimum atomic E-state index is -4.32. The van der Waals surface area contributed by atoms with Crippen molar-refractivity contribution in [3.05, 3.63) is 60.6 Å². The van der Waals surface area contributed by atoms with Crippen molar-refractivity contribution in [3.8, 4) is 22.7 Å². The molecule has 1 fully saturated rings. The van der Waals surface area contributed by atoms with Gasteiger partial charge in [0.25, 0.3) is 5.91 Å². The molecule has 1 aliphatic rings. The van der Waals surface area contributed by atoms with E-state index in [9.17, 15) is 22.7 Å². The van der Waals surface area contributed by atoms with E-state index >= 15 is 4.39 Å². The van der Waals surface area contributed by atoms with E-state index in [-0.39, 0.29) is 16.9 Å². The number of phenols is 1. The Hall–Kier alpha value is -3.47. The molecule has 0 spiro atoms. The maximum atomic E-state index is 15.1. The van der Waals surface area contributed by atoms with Gasteiger partial charge in [-0.05, 0) is 24.3 Å². The van der Waals surface area contributed by atoms with E-state index in [0.29, 0.717) is 4.31 Å². The number of imidazole rings is 1. The zero-order chi connectivity index (χ0) is 20.1. The van der Waals surface area contributed by atoms with Crippen molar-refractivity contribution in [1.82, 2.24) is 14.3 Å². The fourth-order valence-corrected chi connectivity index (χ4v) is 4.05. The van der Waals surface area contributed by atoms with Gasteiger partial charge in [0.15, 0.2) is 5.82 Å². The minimum absolute atomic E-state index is 0.0814. The molecule has 1 aromatic heterocycles. The van der Waals surface area contributed by atoms with Crippen LogP contribution in [-0.4, -0.2) is 35.5 Å². The van der Waals surface area contributed by atoms with Crippen LogP contribution in [0.5, 0.6) is 5.75 Å². The fourth-order valence-electron chi connectivity index (χ4n) is 2.89. The number of hydrogen-bond donors (Lipinski definition) is 2. The Kier molecular flexibility index (Phi) is 4.03. The van der Waals surface area contributed by atoms with Gasteiger partial charge in [0.1, 0.15) is 30.1 Å². The van der Waals surface area contributed by atoms with Crippen molar-refractivity contribution in [3.63, 3.8) is 0 Å². The standard InChI is InChI=1S/C17H12F2N4O4S/c18-11-3-1-2-4-13(11)22-7-12(20-9-22)10-5-6-14(24)17(16(10)19)23-8-15(25)21-28(23,26)27/h1-7,9,24H,8H2,(H,21,25). The largest absolute Gasteiger partial charge is 0.506 e. The molecule has 2 N–H and O–H groups in total. The molecule has 0 bridgehead atoms. The molecule has 0 unspecified atom stereocenters. The van der Waals surface area contributed by atoms with Crippen LogP contribution >= 0.6 is 0 Å². The summed E-state index contributed by atoms with van der Waals surface area (Å²) in [6, 6.07) is 8.21. The first kappa shape index (κ1) is 17.9. The molecule has 4 rings (SSSR count). The first-order chi connectivity index (χ1) is 13.3. The summed E-state index contributed by atoms with van der Waals surface area (Å²) >= 11 is 0. The van der Waals surface area contributed by atoms with Crippen molar-refractivity contribution in [2.45, 2.75) is 0 Å². The van der Waals surface area contributed by atoms with Crippen LogP contribution in [0.1, 0.15) is 0 Å². The topological polar surface area (TPSA) is 105 Å². The van der Waals surface area contributed by atoms with Crippen LogP contribution in [0.3, 0.4) is 0 Å². The highest BCUT2D eigenvalue weighted by atomic mass is 32.2. The lowest BCUT2D eigenvalue weighted by Crippen LogP contribution is -2.30. The van der Waals surface area contributed by atoms with Gasteiger partial charge in [0.05, 0.1) is 11.4 Å². The lowest BCUT2D eigenvalue weighted by atomic mass is 10.1. The van der Waals surface area contributed by atoms with Gasteiger partial charge in [0.2, 0.25) is 0 Å². The van der Waals surface area contributed by atoms with E-state index in [1.165, 1.54) is 41.4 Å². The number of nitrogens with one attached hydrogen (secondary N) is 1. The molecule has 0 radical (unpaired) electrons. The van der Waals surface area contributed by atoms with Crippen LogP contribution < -0.4 is 9.03 Å². The van der Waals surface area contributed by atoms with Crippen LogP contribution in [0.2, 0.25) is 0 Å². The number of hydrogen-bond acceptors (Lipinski definition) is 5. The van der Waals surface area contributed by atoms with E-state index < -0.39 is 45.7 Å². The Balaban J connectivity index is 1.81. The first-order valence-corrected chi connectivity index (χ1v) is 9.36. The number of aromatic nitrogens is 2. The van der Waals surface area contributed by atoms with Crippen molar-refractivity contribution >= 4 is 21.8 Å². The molecule has 1 amide bonds. The van der Waals surface area contributed by atoms with Crippen LogP contribution in [0.15, 0.2) is 48.9 Å². The summed E-state index contributed by atoms with van der Waals surface area (Å²) in [6.07, 6.45) is 2.64. The monoisotopic (exact) mass is 406 g/mol. The Bertz CT molecular complexity index is 1210. The molecule has 1 saturated heterocycles. The summed E-state index contributed by atoms with van der Waals surface area (Å²) in [7, 11) is -4.32. The average molecular weight is 406 g/mol. The number of para-hydroxylation sites is 1. The number of carbonyl (C=O) groups excluding carboxylic acids is 1. The smallest absolute Gasteiger partial charge is 0.326 e. The van der Waals surface area contributed by atoms with Gasteiger partial charge in [-0.25, -0.2) is 22.8 Å². The number of benzene rings is 2. The third-order valence-corrected chi connectivity index (χ3v) is 5.53. The van der Waals surface area contributed by atoms with Crippen molar-refractivity contribution in [1.29, 1.82) is 0 Å². The number of anilines is 1. The summed E-state index contributed by atoms with van der Waals surface area (Å²) < 4.78 is 56.5. The predicted octanol–water partition coefficient (Wildman–Crippen LogP) is 1.70. The highest BCUT2D eigenvalue weighted by Gasteiger charge is 2.38. The molecule has 3 aromatic rings. The quantitative estimate of drug-likeness (QED) is 0.689. The summed E-state index contributed by atoms with van der Waals surface area (Å²) in [6.45, 7) is -0.667. The van der Waals surface area contributed by atoms with Crippen LogP contribution in [0.4, 0.5) is 14.5 Å². The summed E-state index contributed by atoms with van der Waals surface area (Å²) in [5.74, 6) is -3.10. The van der Waals surface area contributed by atoms with Gasteiger partial charge in [-0.15, -0.1) is 0 Å². The van der Waals surface area contributed by atoms with Crippen LogP contribution in [-0.2, 0) is 15.0 Å². The number of carbonyl (C=O) groups is 1. The van der Waals surface area contributed by atoms with Gasteiger partial charge in [0, 0.05) is 11.8 Å². The Morgan fingerprint density at radius 3 is 2.57 bits per heavy atom. The Morgan fingerprint density at radius 2 is 1.89 bits per heavy atom. The molecule has 2 aromatic carbocycles. The van der Waals surface area contributed by atoms with E-state index in [2.05, 4.69) is 4.98 Å². The fraction of sp³-hybridized carbons (Fsp3) is 0.0588. The third-order valence-electron chi connectivity index (χ3n) is 4.15. The zero-order valence-electron chi connectivity index (χ0n) is 14.0. The molecule has 11 heteroatoms. The van der Waals surface area contributed by atoms with Gasteiger partial charge in [-0.3, -0.25) is 4.79 Å². The van der Waals surface area contributed by atoms with E-state index in [1.807, 2.05) is 0 Å². The lowest BCUT2D eigenvalue weighted by molar-refractivity contribution is -0.117. The van der Waals surface area contributed by atoms with Crippen molar-refractivity contribution in [2.24, 2.45) is 0 Å². The highest BCUT2D eigenvalue weighted by molar-refractivity contribution is 7.92. The molecule has 2 heterocycles. The summed E-state index contributed by atoms with van der Waals surface area (Å²) in [4.78, 5) is 15.5. The van der Waals surface area contributed by atoms with Gasteiger partial charge in [-0.2, -0.15) is 8.42 Å². The molecule has 0 aliphatic carbocycles. The number of aromatic hydroxyl groups is 1. The molecule has 28 heavy (non-hydrogen) atoms. The zero-order valence-corrected chi connectivity index (χ0v) is 14.8. The first-order valence-electron chi connectivity index (χ1n) is 7.92. The number of rotatable bonds is 3. The van der Waals surface area contributed by atoms with Gasteiger partial charge in [-0.1, -0.05) is 12.1 Å². The number of nitrogens with zero attached hydrogens (tertiary/aromatic N) is 3.